The number of aryl methyl sites for hydroxylation is 1. The van der Waals surface area contributed by atoms with Crippen LogP contribution in [0, 0.1) is 12.7 Å². The summed E-state index contributed by atoms with van der Waals surface area (Å²) in [6, 6.07) is 21.0. The molecule has 0 spiro atoms. The van der Waals surface area contributed by atoms with Crippen molar-refractivity contribution in [2.24, 2.45) is 0 Å². The van der Waals surface area contributed by atoms with Crippen LogP contribution < -0.4 is 10.2 Å². The van der Waals surface area contributed by atoms with Crippen molar-refractivity contribution < 1.29 is 14.0 Å². The van der Waals surface area contributed by atoms with Crippen molar-refractivity contribution in [1.29, 1.82) is 0 Å². The number of benzene rings is 3. The van der Waals surface area contributed by atoms with Crippen LogP contribution in [0.25, 0.3) is 0 Å². The highest BCUT2D eigenvalue weighted by atomic mass is 32.2. The van der Waals surface area contributed by atoms with Crippen LogP contribution in [0.15, 0.2) is 72.8 Å². The lowest BCUT2D eigenvalue weighted by atomic mass is 10.1. The minimum absolute atomic E-state index is 0.00953. The van der Waals surface area contributed by atoms with Crippen LogP contribution in [-0.4, -0.2) is 17.6 Å². The molecule has 0 aliphatic carbocycles. The van der Waals surface area contributed by atoms with Gasteiger partial charge in [-0.25, -0.2) is 4.39 Å². The highest BCUT2D eigenvalue weighted by Gasteiger charge is 2.34. The number of hydrogen-bond acceptors (Lipinski definition) is 3. The van der Waals surface area contributed by atoms with E-state index in [1.165, 1.54) is 12.1 Å². The number of carbonyl (C=O) groups excluding carboxylic acids is 2. The third-order valence-electron chi connectivity index (χ3n) is 4.70. The van der Waals surface area contributed by atoms with Gasteiger partial charge in [0.05, 0.1) is 11.3 Å². The van der Waals surface area contributed by atoms with Crippen LogP contribution in [0.3, 0.4) is 0 Å². The van der Waals surface area contributed by atoms with Gasteiger partial charge in [0.25, 0.3) is 5.91 Å². The van der Waals surface area contributed by atoms with Crippen molar-refractivity contribution in [3.8, 4) is 0 Å². The first kappa shape index (κ1) is 19.2. The Hall–Kier alpha value is -3.12. The van der Waals surface area contributed by atoms with E-state index in [-0.39, 0.29) is 16.8 Å². The van der Waals surface area contributed by atoms with E-state index < -0.39 is 11.7 Å². The van der Waals surface area contributed by atoms with Crippen LogP contribution in [0.1, 0.15) is 26.9 Å². The van der Waals surface area contributed by atoms with Crippen molar-refractivity contribution in [1.82, 2.24) is 0 Å². The molecular weight excluding hydrogens is 387 g/mol. The van der Waals surface area contributed by atoms with Gasteiger partial charge in [-0.05, 0) is 54.4 Å². The van der Waals surface area contributed by atoms with Crippen LogP contribution in [0.4, 0.5) is 15.8 Å². The first-order valence-electron chi connectivity index (χ1n) is 9.19. The normalized spacial score (nSPS) is 16.1. The highest BCUT2D eigenvalue weighted by Crippen LogP contribution is 2.42. The molecule has 3 aromatic carbocycles. The van der Waals surface area contributed by atoms with Gasteiger partial charge in [0.1, 0.15) is 11.2 Å². The number of nitrogens with one attached hydrogen (secondary N) is 1. The van der Waals surface area contributed by atoms with E-state index in [0.717, 1.165) is 16.8 Å². The molecule has 4 rings (SSSR count). The minimum Gasteiger partial charge on any atom is -0.322 e. The standard InChI is InChI=1S/C23H19FN2O2S/c1-15-6-4-9-18(12-15)26-21(27)14-29-23(26)16-7-5-8-17(13-16)25-22(28)19-10-2-3-11-20(19)24/h2-13,23H,14H2,1H3,(H,25,28). The molecule has 0 saturated carbocycles. The van der Waals surface area contributed by atoms with E-state index >= 15 is 0 Å². The molecule has 1 fully saturated rings. The van der Waals surface area contributed by atoms with Gasteiger partial charge in [0.2, 0.25) is 5.91 Å². The minimum atomic E-state index is -0.566. The number of anilines is 2. The predicted molar refractivity (Wildman–Crippen MR) is 115 cm³/mol. The Morgan fingerprint density at radius 1 is 1.07 bits per heavy atom. The third-order valence-corrected chi connectivity index (χ3v) is 5.91. The summed E-state index contributed by atoms with van der Waals surface area (Å²) in [7, 11) is 0. The number of rotatable bonds is 4. The molecule has 1 aliphatic rings. The van der Waals surface area contributed by atoms with E-state index in [0.29, 0.717) is 11.4 Å². The molecule has 1 N–H and O–H groups in total. The SMILES string of the molecule is Cc1cccc(N2C(=O)CSC2c2cccc(NC(=O)c3ccccc3F)c2)c1. The lowest BCUT2D eigenvalue weighted by Crippen LogP contribution is -2.27. The van der Waals surface area contributed by atoms with Crippen LogP contribution in [-0.2, 0) is 4.79 Å². The summed E-state index contributed by atoms with van der Waals surface area (Å²) in [5.41, 5.74) is 3.38. The molecule has 2 amide bonds. The number of carbonyl (C=O) groups is 2. The second kappa shape index (κ2) is 8.09. The summed E-state index contributed by atoms with van der Waals surface area (Å²) >= 11 is 1.54. The van der Waals surface area contributed by atoms with Gasteiger partial charge in [-0.2, -0.15) is 0 Å². The average Bonchev–Trinajstić information content (AvgIpc) is 3.10. The van der Waals surface area contributed by atoms with E-state index in [1.54, 1.807) is 34.9 Å². The predicted octanol–water partition coefficient (Wildman–Crippen LogP) is 5.17. The Morgan fingerprint density at radius 3 is 2.66 bits per heavy atom. The first-order chi connectivity index (χ1) is 14.0. The van der Waals surface area contributed by atoms with Gasteiger partial charge >= 0.3 is 0 Å². The van der Waals surface area contributed by atoms with Gasteiger partial charge in [-0.1, -0.05) is 36.4 Å². The zero-order valence-corrected chi connectivity index (χ0v) is 16.6. The fraction of sp³-hybridized carbons (Fsp3) is 0.130. The van der Waals surface area contributed by atoms with E-state index in [4.69, 9.17) is 0 Å². The van der Waals surface area contributed by atoms with Gasteiger partial charge < -0.3 is 5.32 Å². The first-order valence-corrected chi connectivity index (χ1v) is 10.2. The Labute approximate surface area is 172 Å². The maximum atomic E-state index is 13.9. The smallest absolute Gasteiger partial charge is 0.258 e. The van der Waals surface area contributed by atoms with Crippen molar-refractivity contribution in [2.45, 2.75) is 12.3 Å². The monoisotopic (exact) mass is 406 g/mol. The van der Waals surface area contributed by atoms with Gasteiger partial charge in [0, 0.05) is 11.4 Å². The van der Waals surface area contributed by atoms with E-state index in [2.05, 4.69) is 5.32 Å². The summed E-state index contributed by atoms with van der Waals surface area (Å²) in [5, 5.41) is 2.56. The van der Waals surface area contributed by atoms with Crippen molar-refractivity contribution in [2.75, 3.05) is 16.0 Å². The van der Waals surface area contributed by atoms with Crippen molar-refractivity contribution in [3.05, 3.63) is 95.3 Å². The summed E-state index contributed by atoms with van der Waals surface area (Å²) in [6.45, 7) is 1.99. The number of thioether (sulfide) groups is 1. The van der Waals surface area contributed by atoms with Gasteiger partial charge in [0.15, 0.2) is 0 Å². The Kier molecular flexibility index (Phi) is 5.36. The number of halogens is 1. The number of amides is 2. The molecule has 3 aromatic rings. The summed E-state index contributed by atoms with van der Waals surface area (Å²) < 4.78 is 13.9. The summed E-state index contributed by atoms with van der Waals surface area (Å²) in [5.74, 6) is -0.634. The summed E-state index contributed by atoms with van der Waals surface area (Å²) in [4.78, 5) is 26.8. The second-order valence-electron chi connectivity index (χ2n) is 6.83. The van der Waals surface area contributed by atoms with E-state index in [9.17, 15) is 14.0 Å². The zero-order valence-electron chi connectivity index (χ0n) is 15.8. The zero-order chi connectivity index (χ0) is 20.4. The van der Waals surface area contributed by atoms with E-state index in [1.807, 2.05) is 49.4 Å². The lowest BCUT2D eigenvalue weighted by Gasteiger charge is -2.25. The fourth-order valence-electron chi connectivity index (χ4n) is 3.34. The molecule has 1 unspecified atom stereocenters. The molecule has 0 radical (unpaired) electrons. The second-order valence-corrected chi connectivity index (χ2v) is 7.89. The molecule has 4 nitrogen and oxygen atoms in total. The topological polar surface area (TPSA) is 49.4 Å². The van der Waals surface area contributed by atoms with Crippen LogP contribution in [0.2, 0.25) is 0 Å². The average molecular weight is 406 g/mol. The number of hydrogen-bond donors (Lipinski definition) is 1. The Morgan fingerprint density at radius 2 is 1.86 bits per heavy atom. The molecule has 146 valence electrons. The van der Waals surface area contributed by atoms with Gasteiger partial charge in [-0.3, -0.25) is 14.5 Å². The molecule has 29 heavy (non-hydrogen) atoms. The Balaban J connectivity index is 1.60. The fourth-order valence-corrected chi connectivity index (χ4v) is 4.51. The summed E-state index contributed by atoms with van der Waals surface area (Å²) in [6.07, 6.45) is 0. The third kappa shape index (κ3) is 4.03. The maximum Gasteiger partial charge on any atom is 0.258 e. The molecule has 0 aromatic heterocycles. The molecule has 1 atom stereocenters. The number of nitrogens with zero attached hydrogens (tertiary/aromatic N) is 1. The van der Waals surface area contributed by atoms with Crippen molar-refractivity contribution in [3.63, 3.8) is 0 Å². The Bertz CT molecular complexity index is 1090. The molecule has 1 aliphatic heterocycles. The molecule has 0 bridgehead atoms. The van der Waals surface area contributed by atoms with Gasteiger partial charge in [-0.15, -0.1) is 11.8 Å². The quantitative estimate of drug-likeness (QED) is 0.651. The lowest BCUT2D eigenvalue weighted by molar-refractivity contribution is -0.115. The molecule has 1 saturated heterocycles. The molecule has 6 heteroatoms. The molecule has 1 heterocycles. The van der Waals surface area contributed by atoms with Crippen molar-refractivity contribution >= 4 is 35.0 Å². The maximum absolute atomic E-state index is 13.9. The largest absolute Gasteiger partial charge is 0.322 e. The van der Waals surface area contributed by atoms with Crippen LogP contribution >= 0.6 is 11.8 Å². The van der Waals surface area contributed by atoms with Crippen LogP contribution in [0.5, 0.6) is 0 Å². The molecular formula is C23H19FN2O2S. The highest BCUT2D eigenvalue weighted by molar-refractivity contribution is 8.00.